The predicted molar refractivity (Wildman–Crippen MR) is 138 cm³/mol. The monoisotopic (exact) mass is 513 g/mol. The highest BCUT2D eigenvalue weighted by atomic mass is 16.5. The molecule has 2 aliphatic heterocycles. The molecule has 2 heterocycles. The third kappa shape index (κ3) is 7.85. The van der Waals surface area contributed by atoms with Gasteiger partial charge in [0.25, 0.3) is 0 Å². The van der Waals surface area contributed by atoms with Crippen LogP contribution in [0.15, 0.2) is 48.5 Å². The number of likely N-dealkylation sites (tertiary alicyclic amines) is 1. The number of piperidine rings is 1. The Morgan fingerprint density at radius 3 is 2.00 bits per heavy atom. The van der Waals surface area contributed by atoms with Crippen molar-refractivity contribution in [1.29, 1.82) is 0 Å². The van der Waals surface area contributed by atoms with Gasteiger partial charge in [-0.3, -0.25) is 9.69 Å². The minimum absolute atomic E-state index is 0.145. The number of methoxy groups -OCH3 is 2. The highest BCUT2D eigenvalue weighted by Crippen LogP contribution is 2.28. The van der Waals surface area contributed by atoms with E-state index in [9.17, 15) is 4.79 Å². The summed E-state index contributed by atoms with van der Waals surface area (Å²) in [5.41, 5.74) is 2.37. The largest absolute Gasteiger partial charge is 0.497 e. The van der Waals surface area contributed by atoms with Crippen molar-refractivity contribution < 1.29 is 34.1 Å². The summed E-state index contributed by atoms with van der Waals surface area (Å²) in [5.74, 6) is -1.44. The fraction of sp³-hybridized carbons (Fsp3) is 0.444. The average molecular weight is 514 g/mol. The molecule has 2 aliphatic rings. The summed E-state index contributed by atoms with van der Waals surface area (Å²) in [6.45, 7) is 6.12. The number of para-hydroxylation sites is 1. The van der Waals surface area contributed by atoms with Crippen molar-refractivity contribution in [3.05, 3.63) is 54.1 Å². The Balaban J connectivity index is 0.000000568. The van der Waals surface area contributed by atoms with Crippen LogP contribution in [0.4, 0.5) is 5.69 Å². The smallest absolute Gasteiger partial charge is 0.414 e. The molecule has 2 aromatic carbocycles. The number of ether oxygens (including phenoxy) is 2. The van der Waals surface area contributed by atoms with E-state index in [1.165, 1.54) is 5.69 Å². The van der Waals surface area contributed by atoms with Crippen molar-refractivity contribution in [2.45, 2.75) is 19.4 Å². The first-order valence-corrected chi connectivity index (χ1v) is 12.3. The van der Waals surface area contributed by atoms with Crippen LogP contribution >= 0.6 is 0 Å². The first kappa shape index (κ1) is 27.8. The van der Waals surface area contributed by atoms with E-state index < -0.39 is 11.9 Å². The number of carbonyl (C=O) groups is 3. The number of nitrogens with zero attached hydrogens (tertiary/aromatic N) is 3. The van der Waals surface area contributed by atoms with Crippen LogP contribution in [-0.4, -0.2) is 91.3 Å². The lowest BCUT2D eigenvalue weighted by atomic mass is 9.94. The number of carboxylic acids is 2. The number of carboxylic acid groups (broad SMARTS) is 2. The lowest BCUT2D eigenvalue weighted by molar-refractivity contribution is -0.159. The molecular weight excluding hydrogens is 478 g/mol. The van der Waals surface area contributed by atoms with Gasteiger partial charge < -0.3 is 29.5 Å². The fourth-order valence-corrected chi connectivity index (χ4v) is 4.67. The third-order valence-corrected chi connectivity index (χ3v) is 6.71. The molecule has 10 heteroatoms. The van der Waals surface area contributed by atoms with Crippen LogP contribution in [0.25, 0.3) is 0 Å². The van der Waals surface area contributed by atoms with Gasteiger partial charge in [-0.25, -0.2) is 9.59 Å². The van der Waals surface area contributed by atoms with E-state index in [0.29, 0.717) is 5.91 Å². The van der Waals surface area contributed by atoms with E-state index in [4.69, 9.17) is 29.3 Å². The molecule has 10 nitrogen and oxygen atoms in total. The van der Waals surface area contributed by atoms with Gasteiger partial charge >= 0.3 is 11.9 Å². The number of aliphatic carboxylic acids is 2. The van der Waals surface area contributed by atoms with Crippen molar-refractivity contribution in [3.63, 3.8) is 0 Å². The molecule has 0 radical (unpaired) electrons. The van der Waals surface area contributed by atoms with Gasteiger partial charge in [0.2, 0.25) is 5.91 Å². The number of hydrogen-bond donors (Lipinski definition) is 2. The molecule has 2 saturated heterocycles. The summed E-state index contributed by atoms with van der Waals surface area (Å²) in [6.07, 6.45) is 1.84. The summed E-state index contributed by atoms with van der Waals surface area (Å²) in [7, 11) is 3.39. The molecule has 0 atom stereocenters. The fourth-order valence-electron chi connectivity index (χ4n) is 4.67. The van der Waals surface area contributed by atoms with Crippen molar-refractivity contribution in [2.24, 2.45) is 5.92 Å². The number of benzene rings is 2. The molecule has 0 aliphatic carbocycles. The van der Waals surface area contributed by atoms with Gasteiger partial charge in [0, 0.05) is 49.9 Å². The van der Waals surface area contributed by atoms with Crippen molar-refractivity contribution in [1.82, 2.24) is 9.80 Å². The Bertz CT molecular complexity index is 1040. The lowest BCUT2D eigenvalue weighted by Gasteiger charge is -2.39. The number of rotatable bonds is 6. The van der Waals surface area contributed by atoms with Gasteiger partial charge in [-0.15, -0.1) is 0 Å². The normalized spacial score (nSPS) is 16.4. The molecule has 2 N–H and O–H groups in total. The van der Waals surface area contributed by atoms with Crippen LogP contribution in [0.2, 0.25) is 0 Å². The average Bonchev–Trinajstić information content (AvgIpc) is 2.94. The summed E-state index contributed by atoms with van der Waals surface area (Å²) in [6, 6.07) is 16.4. The zero-order valence-electron chi connectivity index (χ0n) is 21.3. The zero-order chi connectivity index (χ0) is 26.8. The molecule has 37 heavy (non-hydrogen) atoms. The molecule has 2 aromatic rings. The maximum absolute atomic E-state index is 13.1. The maximum Gasteiger partial charge on any atom is 0.414 e. The molecule has 0 unspecified atom stereocenters. The van der Waals surface area contributed by atoms with Crippen LogP contribution in [0.3, 0.4) is 0 Å². The molecule has 0 saturated carbocycles. The van der Waals surface area contributed by atoms with E-state index in [1.54, 1.807) is 14.2 Å². The van der Waals surface area contributed by atoms with Crippen LogP contribution < -0.4 is 14.4 Å². The van der Waals surface area contributed by atoms with Gasteiger partial charge in [0.15, 0.2) is 0 Å². The molecule has 4 rings (SSSR count). The quantitative estimate of drug-likeness (QED) is 0.561. The highest BCUT2D eigenvalue weighted by molar-refractivity contribution is 6.27. The molecule has 200 valence electrons. The SMILES string of the molecule is COc1ccc(OC)c(CN2CCC(C(=O)N3CCN(c4ccccc4)CC3)CC2)c1.O=C(O)C(=O)O. The van der Waals surface area contributed by atoms with E-state index in [-0.39, 0.29) is 5.92 Å². The maximum atomic E-state index is 13.1. The second-order valence-corrected chi connectivity index (χ2v) is 8.99. The minimum Gasteiger partial charge on any atom is -0.497 e. The molecule has 0 bridgehead atoms. The zero-order valence-corrected chi connectivity index (χ0v) is 21.3. The van der Waals surface area contributed by atoms with Crippen LogP contribution in [0.1, 0.15) is 18.4 Å². The van der Waals surface area contributed by atoms with E-state index in [0.717, 1.165) is 75.7 Å². The van der Waals surface area contributed by atoms with Crippen LogP contribution in [0, 0.1) is 5.92 Å². The Hall–Kier alpha value is -3.79. The Kier molecular flexibility index (Phi) is 10.1. The van der Waals surface area contributed by atoms with Gasteiger partial charge in [0.05, 0.1) is 14.2 Å². The number of amides is 1. The molecular formula is C27H35N3O7. The second-order valence-electron chi connectivity index (χ2n) is 8.99. The van der Waals surface area contributed by atoms with E-state index in [2.05, 4.69) is 39.0 Å². The van der Waals surface area contributed by atoms with E-state index >= 15 is 0 Å². The minimum atomic E-state index is -1.82. The standard InChI is InChI=1S/C25H33N3O3.C2H2O4/c1-30-23-8-9-24(31-2)21(18-23)19-26-12-10-20(11-13-26)25(29)28-16-14-27(15-17-28)22-6-4-3-5-7-22;3-1(4)2(5)6/h3-9,18,20H,10-17,19H2,1-2H3;(H,3,4)(H,5,6). The van der Waals surface area contributed by atoms with Crippen molar-refractivity contribution in [2.75, 3.05) is 58.4 Å². The first-order valence-electron chi connectivity index (χ1n) is 12.3. The number of piperazine rings is 1. The summed E-state index contributed by atoms with van der Waals surface area (Å²) in [4.78, 5) is 38.2. The summed E-state index contributed by atoms with van der Waals surface area (Å²) >= 11 is 0. The van der Waals surface area contributed by atoms with Crippen molar-refractivity contribution in [3.8, 4) is 11.5 Å². The van der Waals surface area contributed by atoms with Crippen LogP contribution in [0.5, 0.6) is 11.5 Å². The molecule has 2 fully saturated rings. The molecule has 0 spiro atoms. The van der Waals surface area contributed by atoms with Gasteiger partial charge in [-0.2, -0.15) is 0 Å². The third-order valence-electron chi connectivity index (χ3n) is 6.71. The summed E-state index contributed by atoms with van der Waals surface area (Å²) < 4.78 is 10.9. The number of hydrogen-bond acceptors (Lipinski definition) is 7. The predicted octanol–water partition coefficient (Wildman–Crippen LogP) is 2.42. The van der Waals surface area contributed by atoms with Crippen LogP contribution in [-0.2, 0) is 20.9 Å². The number of anilines is 1. The lowest BCUT2D eigenvalue weighted by Crippen LogP contribution is -2.51. The molecule has 1 amide bonds. The molecule has 0 aromatic heterocycles. The van der Waals surface area contributed by atoms with Crippen molar-refractivity contribution >= 4 is 23.5 Å². The highest BCUT2D eigenvalue weighted by Gasteiger charge is 2.30. The Morgan fingerprint density at radius 2 is 1.46 bits per heavy atom. The second kappa shape index (κ2) is 13.5. The first-order chi connectivity index (χ1) is 17.8. The van der Waals surface area contributed by atoms with Gasteiger partial charge in [-0.1, -0.05) is 18.2 Å². The Morgan fingerprint density at radius 1 is 0.838 bits per heavy atom. The number of carbonyl (C=O) groups excluding carboxylic acids is 1. The topological polar surface area (TPSA) is 120 Å². The van der Waals surface area contributed by atoms with Gasteiger partial charge in [0.1, 0.15) is 11.5 Å². The Labute approximate surface area is 217 Å². The van der Waals surface area contributed by atoms with E-state index in [1.807, 2.05) is 24.3 Å². The van der Waals surface area contributed by atoms with Gasteiger partial charge in [-0.05, 0) is 56.3 Å². The summed E-state index contributed by atoms with van der Waals surface area (Å²) in [5, 5.41) is 14.8.